The van der Waals surface area contributed by atoms with Gasteiger partial charge in [-0.2, -0.15) is 4.57 Å². The maximum absolute atomic E-state index is 11.9. The van der Waals surface area contributed by atoms with Crippen LogP contribution in [-0.4, -0.2) is 31.0 Å². The fraction of sp³-hybridized carbons (Fsp3) is 0.267. The number of nitrogens with one attached hydrogen (secondary N) is 1. The number of nitrogens with two attached hydrogens (primary N) is 1. The zero-order chi connectivity index (χ0) is 16.5. The number of nitrogen functional groups attached to an aromatic ring is 1. The van der Waals surface area contributed by atoms with Gasteiger partial charge in [-0.1, -0.05) is 0 Å². The number of carbonyl (C=O) groups excluding carboxylic acids is 2. The van der Waals surface area contributed by atoms with Crippen LogP contribution in [0.3, 0.4) is 0 Å². The predicted octanol–water partition coefficient (Wildman–Crippen LogP) is 0.698. The van der Waals surface area contributed by atoms with Gasteiger partial charge < -0.3 is 15.2 Å². The van der Waals surface area contributed by atoms with E-state index >= 15 is 0 Å². The summed E-state index contributed by atoms with van der Waals surface area (Å²) >= 11 is 0. The van der Waals surface area contributed by atoms with Crippen LogP contribution in [-0.2, 0) is 19.1 Å². The lowest BCUT2D eigenvalue weighted by atomic mass is 10.2. The van der Waals surface area contributed by atoms with Gasteiger partial charge in [-0.15, -0.1) is 0 Å². The number of allylic oxidation sites excluding steroid dienone is 2. The minimum absolute atomic E-state index is 0.116. The highest BCUT2D eigenvalue weighted by molar-refractivity contribution is 6.15. The van der Waals surface area contributed by atoms with Gasteiger partial charge in [0.15, 0.2) is 18.0 Å². The van der Waals surface area contributed by atoms with Crippen molar-refractivity contribution in [3.8, 4) is 0 Å². The Hall–Kier alpha value is -2.92. The summed E-state index contributed by atoms with van der Waals surface area (Å²) in [5, 5.41) is 7.35. The fourth-order valence-corrected chi connectivity index (χ4v) is 1.57. The molecule has 7 heteroatoms. The second-order valence-electron chi connectivity index (χ2n) is 4.05. The quantitative estimate of drug-likeness (QED) is 0.153. The molecular weight excluding hydrogens is 286 g/mol. The van der Waals surface area contributed by atoms with Gasteiger partial charge in [-0.25, -0.2) is 9.59 Å². The van der Waals surface area contributed by atoms with Crippen molar-refractivity contribution in [2.75, 3.05) is 18.9 Å². The van der Waals surface area contributed by atoms with E-state index in [1.807, 2.05) is 0 Å². The second-order valence-corrected chi connectivity index (χ2v) is 4.05. The fourth-order valence-electron chi connectivity index (χ4n) is 1.57. The molecule has 22 heavy (non-hydrogen) atoms. The molecular formula is C15H18N3O4+. The number of rotatable bonds is 6. The van der Waals surface area contributed by atoms with Crippen molar-refractivity contribution in [3.63, 3.8) is 0 Å². The van der Waals surface area contributed by atoms with Crippen LogP contribution in [0.25, 0.3) is 5.70 Å². The van der Waals surface area contributed by atoms with Crippen molar-refractivity contribution in [1.29, 1.82) is 5.41 Å². The molecule has 0 unspecified atom stereocenters. The third-order valence-corrected chi connectivity index (χ3v) is 2.50. The molecule has 1 heterocycles. The Morgan fingerprint density at radius 2 is 1.91 bits per heavy atom. The number of hydrogen-bond donors (Lipinski definition) is 2. The van der Waals surface area contributed by atoms with Crippen molar-refractivity contribution in [3.05, 3.63) is 36.2 Å². The molecule has 116 valence electrons. The molecule has 0 bridgehead atoms. The molecule has 1 rings (SSSR count). The molecule has 0 saturated carbocycles. The molecule has 1 aromatic rings. The second kappa shape index (κ2) is 8.39. The topological polar surface area (TPSA) is 106 Å². The van der Waals surface area contributed by atoms with E-state index in [2.05, 4.69) is 5.87 Å². The van der Waals surface area contributed by atoms with E-state index in [1.165, 1.54) is 16.8 Å². The summed E-state index contributed by atoms with van der Waals surface area (Å²) in [5.41, 5.74) is 5.96. The van der Waals surface area contributed by atoms with Crippen LogP contribution < -0.4 is 10.3 Å². The van der Waals surface area contributed by atoms with E-state index in [0.29, 0.717) is 5.69 Å². The maximum Gasteiger partial charge on any atom is 0.345 e. The highest BCUT2D eigenvalue weighted by atomic mass is 16.6. The molecule has 0 aliphatic rings. The molecule has 0 fully saturated rings. The van der Waals surface area contributed by atoms with E-state index in [9.17, 15) is 9.59 Å². The Balaban J connectivity index is 3.26. The van der Waals surface area contributed by atoms with Crippen LogP contribution in [0, 0.1) is 5.41 Å². The van der Waals surface area contributed by atoms with Crippen LogP contribution in [0.5, 0.6) is 0 Å². The molecule has 0 radical (unpaired) electrons. The van der Waals surface area contributed by atoms with Gasteiger partial charge in [-0.05, 0) is 19.9 Å². The number of hydrogen-bond acceptors (Lipinski definition) is 6. The van der Waals surface area contributed by atoms with Gasteiger partial charge in [0.25, 0.3) is 5.70 Å². The molecule has 3 N–H and O–H groups in total. The zero-order valence-corrected chi connectivity index (χ0v) is 12.5. The number of nitrogens with zero attached hydrogens (tertiary/aromatic N) is 1. The van der Waals surface area contributed by atoms with E-state index in [4.69, 9.17) is 20.6 Å². The Kier molecular flexibility index (Phi) is 6.53. The zero-order valence-electron chi connectivity index (χ0n) is 12.5. The minimum Gasteiger partial charge on any atom is -0.462 e. The lowest BCUT2D eigenvalue weighted by Crippen LogP contribution is -2.32. The standard InChI is InChI=1S/C15H18N3O4/c1-3-21-14(19)13(15(20)22-4-2)8-12(9-16)18-7-5-6-11(17)10-18/h5-8,10,16H,3-4,17H2,1-2H3/q+1. The molecule has 7 nitrogen and oxygen atoms in total. The van der Waals surface area contributed by atoms with E-state index < -0.39 is 11.9 Å². The van der Waals surface area contributed by atoms with Crippen LogP contribution in [0.2, 0.25) is 0 Å². The van der Waals surface area contributed by atoms with Crippen molar-refractivity contribution in [2.24, 2.45) is 0 Å². The summed E-state index contributed by atoms with van der Waals surface area (Å²) in [6.07, 6.45) is 4.32. The largest absolute Gasteiger partial charge is 0.462 e. The molecule has 0 aliphatic heterocycles. The Morgan fingerprint density at radius 3 is 2.36 bits per heavy atom. The number of carbonyl (C=O) groups is 2. The summed E-state index contributed by atoms with van der Waals surface area (Å²) in [4.78, 5) is 23.8. The number of pyridine rings is 1. The monoisotopic (exact) mass is 304 g/mol. The lowest BCUT2D eigenvalue weighted by molar-refractivity contribution is -0.576. The normalized spacial score (nSPS) is 9.36. The Labute approximate surface area is 128 Å². The summed E-state index contributed by atoms with van der Waals surface area (Å²) in [7, 11) is 0. The van der Waals surface area contributed by atoms with Crippen molar-refractivity contribution < 1.29 is 23.6 Å². The van der Waals surface area contributed by atoms with Crippen LogP contribution in [0.1, 0.15) is 13.8 Å². The first-order chi connectivity index (χ1) is 10.5. The first kappa shape index (κ1) is 17.1. The highest BCUT2D eigenvalue weighted by Crippen LogP contribution is 2.07. The number of ether oxygens (including phenoxy) is 2. The predicted molar refractivity (Wildman–Crippen MR) is 79.8 cm³/mol. The van der Waals surface area contributed by atoms with Crippen molar-refractivity contribution in [2.45, 2.75) is 13.8 Å². The molecule has 0 atom stereocenters. The van der Waals surface area contributed by atoms with Crippen LogP contribution >= 0.6 is 0 Å². The molecule has 0 spiro atoms. The van der Waals surface area contributed by atoms with Crippen LogP contribution in [0.15, 0.2) is 36.2 Å². The number of aromatic nitrogens is 1. The highest BCUT2D eigenvalue weighted by Gasteiger charge is 2.24. The van der Waals surface area contributed by atoms with Gasteiger partial charge in [0.2, 0.25) is 0 Å². The molecule has 1 aromatic heterocycles. The third kappa shape index (κ3) is 4.57. The van der Waals surface area contributed by atoms with Gasteiger partial charge in [0.05, 0.1) is 24.8 Å². The summed E-state index contributed by atoms with van der Waals surface area (Å²) < 4.78 is 11.1. The van der Waals surface area contributed by atoms with Gasteiger partial charge >= 0.3 is 11.9 Å². The summed E-state index contributed by atoms with van der Waals surface area (Å²) in [5.74, 6) is 0.510. The smallest absolute Gasteiger partial charge is 0.345 e. The van der Waals surface area contributed by atoms with E-state index in [1.54, 1.807) is 32.2 Å². The lowest BCUT2D eigenvalue weighted by Gasteiger charge is -2.05. The average Bonchev–Trinajstić information content (AvgIpc) is 2.48. The molecule has 0 saturated heterocycles. The first-order valence-electron chi connectivity index (χ1n) is 6.66. The number of esters is 2. The molecule has 0 amide bonds. The minimum atomic E-state index is -0.821. The van der Waals surface area contributed by atoms with Gasteiger partial charge in [-0.3, -0.25) is 5.41 Å². The molecule has 0 aliphatic carbocycles. The van der Waals surface area contributed by atoms with Gasteiger partial charge in [0, 0.05) is 12.1 Å². The van der Waals surface area contributed by atoms with Gasteiger partial charge in [0.1, 0.15) is 0 Å². The third-order valence-electron chi connectivity index (χ3n) is 2.50. The van der Waals surface area contributed by atoms with E-state index in [-0.39, 0.29) is 24.5 Å². The Morgan fingerprint density at radius 1 is 1.32 bits per heavy atom. The van der Waals surface area contributed by atoms with Crippen molar-refractivity contribution >= 4 is 29.2 Å². The summed E-state index contributed by atoms with van der Waals surface area (Å²) in [6.45, 7) is 3.48. The van der Waals surface area contributed by atoms with Crippen LogP contribution in [0.4, 0.5) is 5.69 Å². The summed E-state index contributed by atoms with van der Waals surface area (Å²) in [6, 6.07) is 3.33. The average molecular weight is 304 g/mol. The van der Waals surface area contributed by atoms with Crippen molar-refractivity contribution in [1.82, 2.24) is 0 Å². The SMILES string of the molecule is CCOC(=O)C(=CC(=C=N)[n+]1cccc(N)c1)C(=O)OCC. The maximum atomic E-state index is 11.9. The molecule has 0 aromatic carbocycles. The Bertz CT molecular complexity index is 626. The first-order valence-corrected chi connectivity index (χ1v) is 6.66. The number of anilines is 1. The van der Waals surface area contributed by atoms with E-state index in [0.717, 1.165) is 0 Å².